The van der Waals surface area contributed by atoms with Gasteiger partial charge in [-0.15, -0.1) is 0 Å². The lowest BCUT2D eigenvalue weighted by molar-refractivity contribution is -0.319. The molecule has 1 aliphatic heterocycles. The molecule has 5 nitrogen and oxygen atoms in total. The van der Waals surface area contributed by atoms with E-state index in [0.29, 0.717) is 16.3 Å². The van der Waals surface area contributed by atoms with Crippen molar-refractivity contribution in [2.45, 2.75) is 0 Å². The van der Waals surface area contributed by atoms with Crippen molar-refractivity contribution >= 4 is 17.8 Å². The van der Waals surface area contributed by atoms with Crippen LogP contribution >= 0.6 is 0 Å². The van der Waals surface area contributed by atoms with Gasteiger partial charge in [-0.3, -0.25) is 0 Å². The molecule has 0 aromatic carbocycles. The van der Waals surface area contributed by atoms with Crippen molar-refractivity contribution in [2.24, 2.45) is 4.99 Å². The molecule has 48 valence electrons. The standard InChI is InChI=1S/C5H3N4O/c10-9-3-8-4-1-6-2-7-5(4)9/h1-3H/q+1. The molecular formula is C5H3N4O+. The van der Waals surface area contributed by atoms with Crippen molar-refractivity contribution in [3.63, 3.8) is 0 Å². The maximum atomic E-state index is 10.7. The first-order valence-electron chi connectivity index (χ1n) is 2.68. The van der Waals surface area contributed by atoms with Crippen molar-refractivity contribution in [2.75, 3.05) is 0 Å². The summed E-state index contributed by atoms with van der Waals surface area (Å²) in [5, 5.41) is 0. The lowest BCUT2D eigenvalue weighted by Crippen LogP contribution is -1.92. The van der Waals surface area contributed by atoms with Crippen molar-refractivity contribution in [3.05, 3.63) is 17.4 Å². The third kappa shape index (κ3) is 0.540. The summed E-state index contributed by atoms with van der Waals surface area (Å²) < 4.78 is 0.608. The maximum Gasteiger partial charge on any atom is 0.350 e. The van der Waals surface area contributed by atoms with Crippen LogP contribution in [0.1, 0.15) is 0 Å². The van der Waals surface area contributed by atoms with Gasteiger partial charge in [0, 0.05) is 4.76 Å². The minimum Gasteiger partial charge on any atom is -0.225 e. The SMILES string of the molecule is O=[N+]1C=Nc2cncnc21. The molecule has 0 atom stereocenters. The van der Waals surface area contributed by atoms with E-state index in [-0.39, 0.29) is 0 Å². The number of hydrogen-bond donors (Lipinski definition) is 0. The highest BCUT2D eigenvalue weighted by Crippen LogP contribution is 2.25. The fraction of sp³-hybridized carbons (Fsp3) is 0. The van der Waals surface area contributed by atoms with Gasteiger partial charge in [0.1, 0.15) is 0 Å². The second-order valence-corrected chi connectivity index (χ2v) is 1.80. The van der Waals surface area contributed by atoms with Gasteiger partial charge in [0.05, 0.1) is 6.20 Å². The normalized spacial score (nSPS) is 13.8. The van der Waals surface area contributed by atoms with Crippen LogP contribution in [0, 0.1) is 4.91 Å². The lowest BCUT2D eigenvalue weighted by atomic mass is 10.5. The van der Waals surface area contributed by atoms with E-state index in [2.05, 4.69) is 15.0 Å². The Morgan fingerprint density at radius 3 is 3.20 bits per heavy atom. The Morgan fingerprint density at radius 1 is 1.50 bits per heavy atom. The molecule has 0 saturated heterocycles. The van der Waals surface area contributed by atoms with Gasteiger partial charge in [0.15, 0.2) is 6.33 Å². The number of fused-ring (bicyclic) bond motifs is 1. The third-order valence-corrected chi connectivity index (χ3v) is 1.18. The molecule has 2 heterocycles. The highest BCUT2D eigenvalue weighted by molar-refractivity contribution is 5.68. The molecule has 0 fully saturated rings. The van der Waals surface area contributed by atoms with E-state index < -0.39 is 0 Å². The van der Waals surface area contributed by atoms with Gasteiger partial charge in [0.2, 0.25) is 5.69 Å². The fourth-order valence-electron chi connectivity index (χ4n) is 0.746. The molecule has 0 spiro atoms. The first kappa shape index (κ1) is 5.16. The van der Waals surface area contributed by atoms with Crippen LogP contribution in [0.5, 0.6) is 0 Å². The number of hydrogen-bond acceptors (Lipinski definition) is 4. The molecule has 5 heteroatoms. The summed E-state index contributed by atoms with van der Waals surface area (Å²) in [5.74, 6) is 0.315. The van der Waals surface area contributed by atoms with Crippen molar-refractivity contribution in [3.8, 4) is 0 Å². The lowest BCUT2D eigenvalue weighted by Gasteiger charge is -1.80. The summed E-state index contributed by atoms with van der Waals surface area (Å²) in [6, 6.07) is 0. The zero-order valence-corrected chi connectivity index (χ0v) is 4.93. The Kier molecular flexibility index (Phi) is 0.858. The van der Waals surface area contributed by atoms with E-state index in [1.807, 2.05) is 0 Å². The summed E-state index contributed by atoms with van der Waals surface area (Å²) in [7, 11) is 0. The molecule has 0 N–H and O–H groups in total. The zero-order chi connectivity index (χ0) is 6.97. The first-order chi connectivity index (χ1) is 4.88. The van der Waals surface area contributed by atoms with E-state index in [9.17, 15) is 4.91 Å². The quantitative estimate of drug-likeness (QED) is 0.488. The van der Waals surface area contributed by atoms with Crippen LogP contribution in [0.15, 0.2) is 17.5 Å². The third-order valence-electron chi connectivity index (χ3n) is 1.18. The number of aromatic nitrogens is 2. The zero-order valence-electron chi connectivity index (χ0n) is 4.93. The smallest absolute Gasteiger partial charge is 0.225 e. The monoisotopic (exact) mass is 135 g/mol. The molecule has 1 aromatic heterocycles. The topological polar surface area (TPSA) is 58.2 Å². The number of nitroso groups, excluding NO2 is 1. The Hall–Kier alpha value is -1.65. The Bertz CT molecular complexity index is 319. The minimum atomic E-state index is 0.315. The van der Waals surface area contributed by atoms with Gasteiger partial charge in [-0.2, -0.15) is 0 Å². The van der Waals surface area contributed by atoms with Crippen LogP contribution in [0.3, 0.4) is 0 Å². The summed E-state index contributed by atoms with van der Waals surface area (Å²) in [5.41, 5.74) is 0.525. The van der Waals surface area contributed by atoms with Crippen LogP contribution in [0.25, 0.3) is 0 Å². The average Bonchev–Trinajstić information content (AvgIpc) is 2.34. The van der Waals surface area contributed by atoms with Crippen LogP contribution in [0.4, 0.5) is 11.5 Å². The Labute approximate surface area is 56.0 Å². The minimum absolute atomic E-state index is 0.315. The summed E-state index contributed by atoms with van der Waals surface area (Å²) >= 11 is 0. The Morgan fingerprint density at radius 2 is 2.40 bits per heavy atom. The maximum absolute atomic E-state index is 10.7. The van der Waals surface area contributed by atoms with Crippen LogP contribution < -0.4 is 0 Å². The molecule has 0 radical (unpaired) electrons. The van der Waals surface area contributed by atoms with E-state index >= 15 is 0 Å². The molecule has 0 bridgehead atoms. The van der Waals surface area contributed by atoms with Crippen molar-refractivity contribution < 1.29 is 4.76 Å². The van der Waals surface area contributed by atoms with Crippen LogP contribution in [-0.2, 0) is 0 Å². The van der Waals surface area contributed by atoms with E-state index in [1.54, 1.807) is 0 Å². The molecule has 0 saturated carbocycles. The molecule has 0 unspecified atom stereocenters. The molecule has 2 rings (SSSR count). The summed E-state index contributed by atoms with van der Waals surface area (Å²) in [6.45, 7) is 0. The van der Waals surface area contributed by atoms with E-state index in [0.717, 1.165) is 0 Å². The van der Waals surface area contributed by atoms with Gasteiger partial charge in [-0.25, -0.2) is 4.98 Å². The highest BCUT2D eigenvalue weighted by atomic mass is 16.3. The van der Waals surface area contributed by atoms with Gasteiger partial charge in [-0.05, 0) is 0 Å². The largest absolute Gasteiger partial charge is 0.350 e. The number of aliphatic imine (C=N–C) groups is 1. The molecule has 10 heavy (non-hydrogen) atoms. The van der Waals surface area contributed by atoms with Gasteiger partial charge < -0.3 is 0 Å². The van der Waals surface area contributed by atoms with Crippen molar-refractivity contribution in [1.82, 2.24) is 9.97 Å². The summed E-state index contributed by atoms with van der Waals surface area (Å²) in [4.78, 5) is 21.9. The highest BCUT2D eigenvalue weighted by Gasteiger charge is 2.23. The fourth-order valence-corrected chi connectivity index (χ4v) is 0.746. The summed E-state index contributed by atoms with van der Waals surface area (Å²) in [6.07, 6.45) is 3.98. The van der Waals surface area contributed by atoms with Gasteiger partial charge in [0.25, 0.3) is 6.34 Å². The van der Waals surface area contributed by atoms with Crippen molar-refractivity contribution in [1.29, 1.82) is 0 Å². The van der Waals surface area contributed by atoms with E-state index in [4.69, 9.17) is 0 Å². The van der Waals surface area contributed by atoms with Gasteiger partial charge >= 0.3 is 5.82 Å². The predicted octanol–water partition coefficient (Wildman–Crippen LogP) is 0.560. The predicted molar refractivity (Wildman–Crippen MR) is 33.5 cm³/mol. The number of nitrogens with zero attached hydrogens (tertiary/aromatic N) is 4. The molecule has 0 aliphatic carbocycles. The molecule has 1 aromatic rings. The first-order valence-corrected chi connectivity index (χ1v) is 2.68. The molecule has 1 aliphatic rings. The number of rotatable bonds is 0. The second-order valence-electron chi connectivity index (χ2n) is 1.80. The van der Waals surface area contributed by atoms with Crippen LogP contribution in [-0.4, -0.2) is 21.1 Å². The van der Waals surface area contributed by atoms with Gasteiger partial charge in [-0.1, -0.05) is 14.9 Å². The van der Waals surface area contributed by atoms with Crippen LogP contribution in [0.2, 0.25) is 0 Å². The van der Waals surface area contributed by atoms with E-state index in [1.165, 1.54) is 18.9 Å². The second kappa shape index (κ2) is 1.66. The Balaban J connectivity index is 2.70. The molecular weight excluding hydrogens is 132 g/mol. The average molecular weight is 135 g/mol. The molecule has 0 amide bonds.